The maximum Gasteiger partial charge on any atom is 0.308 e. The Morgan fingerprint density at radius 2 is 1.97 bits per heavy atom. The molecule has 29 heavy (non-hydrogen) atoms. The van der Waals surface area contributed by atoms with Crippen molar-refractivity contribution in [3.8, 4) is 5.75 Å². The number of esters is 2. The molecule has 5 atom stereocenters. The minimum absolute atomic E-state index is 0.0836. The first kappa shape index (κ1) is 20.0. The first-order valence-electron chi connectivity index (χ1n) is 10.7. The summed E-state index contributed by atoms with van der Waals surface area (Å²) in [5.74, 6) is 1.73. The molecule has 4 rings (SSSR count). The van der Waals surface area contributed by atoms with Gasteiger partial charge in [-0.3, -0.25) is 9.59 Å². The smallest absolute Gasteiger partial charge is 0.308 e. The van der Waals surface area contributed by atoms with Crippen molar-refractivity contribution in [1.29, 1.82) is 0 Å². The van der Waals surface area contributed by atoms with E-state index in [9.17, 15) is 9.59 Å². The lowest BCUT2D eigenvalue weighted by Gasteiger charge is -2.53. The van der Waals surface area contributed by atoms with Crippen molar-refractivity contribution in [3.63, 3.8) is 0 Å². The van der Waals surface area contributed by atoms with Crippen LogP contribution in [0.25, 0.3) is 0 Å². The molecule has 0 saturated heterocycles. The second-order valence-corrected chi connectivity index (χ2v) is 9.20. The third-order valence-corrected chi connectivity index (χ3v) is 7.80. The predicted molar refractivity (Wildman–Crippen MR) is 111 cm³/mol. The summed E-state index contributed by atoms with van der Waals surface area (Å²) in [6, 6.07) is 6.12. The summed E-state index contributed by atoms with van der Waals surface area (Å²) >= 11 is 0. The van der Waals surface area contributed by atoms with Crippen LogP contribution in [0.1, 0.15) is 69.9 Å². The van der Waals surface area contributed by atoms with Crippen LogP contribution in [0.2, 0.25) is 0 Å². The van der Waals surface area contributed by atoms with Crippen molar-refractivity contribution in [2.45, 2.75) is 70.8 Å². The Bertz CT molecular complexity index is 896. The highest BCUT2D eigenvalue weighted by Crippen LogP contribution is 2.65. The minimum atomic E-state index is -0.588. The van der Waals surface area contributed by atoms with Crippen molar-refractivity contribution in [2.75, 3.05) is 0 Å². The van der Waals surface area contributed by atoms with Crippen molar-refractivity contribution in [3.05, 3.63) is 47.7 Å². The molecule has 154 valence electrons. The molecule has 0 heterocycles. The van der Waals surface area contributed by atoms with Gasteiger partial charge in [0.15, 0.2) is 0 Å². The fraction of sp³-hybridized carbons (Fsp3) is 0.560. The summed E-state index contributed by atoms with van der Waals surface area (Å²) in [5.41, 5.74) is 4.97. The zero-order chi connectivity index (χ0) is 20.8. The lowest BCUT2D eigenvalue weighted by molar-refractivity contribution is -0.167. The molecule has 0 unspecified atom stereocenters. The van der Waals surface area contributed by atoms with Crippen LogP contribution < -0.4 is 4.74 Å². The summed E-state index contributed by atoms with van der Waals surface area (Å²) in [7, 11) is 0. The summed E-state index contributed by atoms with van der Waals surface area (Å²) in [6.45, 7) is 9.01. The number of ether oxygens (including phenoxy) is 2. The molecule has 4 heteroatoms. The SMILES string of the molecule is C=C=C[C@]1(OC(C)=O)CC[C@H]2[C@@H]3CCc4cc(OC(C)=O)ccc4[C@H]3CC[C@@]21C. The van der Waals surface area contributed by atoms with Crippen LogP contribution in [-0.2, 0) is 20.7 Å². The molecular formula is C25H30O4. The molecular weight excluding hydrogens is 364 g/mol. The van der Waals surface area contributed by atoms with Crippen molar-refractivity contribution < 1.29 is 19.1 Å². The zero-order valence-corrected chi connectivity index (χ0v) is 17.6. The van der Waals surface area contributed by atoms with E-state index in [-0.39, 0.29) is 17.4 Å². The van der Waals surface area contributed by atoms with Crippen LogP contribution in [0, 0.1) is 17.3 Å². The first-order chi connectivity index (χ1) is 13.8. The van der Waals surface area contributed by atoms with Gasteiger partial charge in [0.25, 0.3) is 0 Å². The Hall–Kier alpha value is -2.32. The van der Waals surface area contributed by atoms with Crippen LogP contribution in [0.15, 0.2) is 36.6 Å². The van der Waals surface area contributed by atoms with Gasteiger partial charge in [0, 0.05) is 25.3 Å². The standard InChI is InChI=1S/C25H30O4/c1-5-12-25(29-17(3)27)14-11-23-22-8-6-18-15-19(28-16(2)26)7-9-20(18)21(22)10-13-24(23,25)4/h7,9,12,15,21-23H,1,6,8,10-11,13-14H2,2-4H3/t21-,22-,23+,24+,25+/m1/s1. The van der Waals surface area contributed by atoms with E-state index in [1.54, 1.807) is 0 Å². The van der Waals surface area contributed by atoms with Crippen LogP contribution in [0.3, 0.4) is 0 Å². The Morgan fingerprint density at radius 3 is 2.66 bits per heavy atom. The first-order valence-corrected chi connectivity index (χ1v) is 10.7. The molecule has 2 saturated carbocycles. The van der Waals surface area contributed by atoms with Gasteiger partial charge in [0.05, 0.1) is 0 Å². The molecule has 0 aromatic heterocycles. The third-order valence-electron chi connectivity index (χ3n) is 7.80. The van der Waals surface area contributed by atoms with E-state index in [1.165, 1.54) is 25.0 Å². The quantitative estimate of drug-likeness (QED) is 0.406. The van der Waals surface area contributed by atoms with Gasteiger partial charge in [0.2, 0.25) is 0 Å². The maximum atomic E-state index is 11.9. The number of aryl methyl sites for hydroxylation is 1. The largest absolute Gasteiger partial charge is 0.454 e. The monoisotopic (exact) mass is 394 g/mol. The molecule has 0 N–H and O–H groups in total. The predicted octanol–water partition coefficient (Wildman–Crippen LogP) is 5.11. The van der Waals surface area contributed by atoms with Crippen LogP contribution in [-0.4, -0.2) is 17.5 Å². The van der Waals surface area contributed by atoms with Gasteiger partial charge >= 0.3 is 11.9 Å². The molecule has 4 nitrogen and oxygen atoms in total. The van der Waals surface area contributed by atoms with Crippen LogP contribution >= 0.6 is 0 Å². The number of fused-ring (bicyclic) bond motifs is 5. The molecule has 2 fully saturated rings. The second-order valence-electron chi connectivity index (χ2n) is 9.20. The zero-order valence-electron chi connectivity index (χ0n) is 17.6. The van der Waals surface area contributed by atoms with Gasteiger partial charge in [-0.25, -0.2) is 0 Å². The lowest BCUT2D eigenvalue weighted by Crippen LogP contribution is -2.51. The molecule has 0 bridgehead atoms. The maximum absolute atomic E-state index is 11.9. The number of carbonyl (C=O) groups excluding carboxylic acids is 2. The summed E-state index contributed by atoms with van der Waals surface area (Å²) in [4.78, 5) is 23.2. The van der Waals surface area contributed by atoms with E-state index in [0.29, 0.717) is 23.5 Å². The highest BCUT2D eigenvalue weighted by Gasteiger charge is 2.63. The van der Waals surface area contributed by atoms with Gasteiger partial charge in [-0.15, -0.1) is 5.73 Å². The van der Waals surface area contributed by atoms with Crippen LogP contribution in [0.5, 0.6) is 5.75 Å². The van der Waals surface area contributed by atoms with Crippen molar-refractivity contribution >= 4 is 11.9 Å². The fourth-order valence-electron chi connectivity index (χ4n) is 6.68. The number of benzene rings is 1. The average molecular weight is 395 g/mol. The van der Waals surface area contributed by atoms with E-state index in [2.05, 4.69) is 25.3 Å². The van der Waals surface area contributed by atoms with E-state index in [4.69, 9.17) is 9.47 Å². The molecule has 0 radical (unpaired) electrons. The van der Waals surface area contributed by atoms with Gasteiger partial charge < -0.3 is 9.47 Å². The summed E-state index contributed by atoms with van der Waals surface area (Å²) in [6.07, 6.45) is 8.02. The van der Waals surface area contributed by atoms with E-state index in [1.807, 2.05) is 18.2 Å². The molecule has 0 aliphatic heterocycles. The highest BCUT2D eigenvalue weighted by molar-refractivity contribution is 5.69. The molecule has 0 spiro atoms. The van der Waals surface area contributed by atoms with E-state index in [0.717, 1.165) is 38.5 Å². The van der Waals surface area contributed by atoms with Gasteiger partial charge in [-0.05, 0) is 79.5 Å². The molecule has 3 aliphatic rings. The highest BCUT2D eigenvalue weighted by atomic mass is 16.6. The minimum Gasteiger partial charge on any atom is -0.454 e. The number of hydrogen-bond acceptors (Lipinski definition) is 4. The Kier molecular flexibility index (Phi) is 4.94. The number of carbonyl (C=O) groups is 2. The fourth-order valence-corrected chi connectivity index (χ4v) is 6.68. The van der Waals surface area contributed by atoms with Crippen molar-refractivity contribution in [1.82, 2.24) is 0 Å². The van der Waals surface area contributed by atoms with E-state index >= 15 is 0 Å². The van der Waals surface area contributed by atoms with Crippen molar-refractivity contribution in [2.24, 2.45) is 17.3 Å². The van der Waals surface area contributed by atoms with E-state index < -0.39 is 5.60 Å². The Balaban J connectivity index is 1.65. The molecule has 0 amide bonds. The lowest BCUT2D eigenvalue weighted by atomic mass is 9.53. The number of hydrogen-bond donors (Lipinski definition) is 0. The molecule has 1 aromatic carbocycles. The summed E-state index contributed by atoms with van der Waals surface area (Å²) in [5, 5.41) is 0. The summed E-state index contributed by atoms with van der Waals surface area (Å²) < 4.78 is 11.3. The Labute approximate surface area is 173 Å². The third kappa shape index (κ3) is 3.14. The normalized spacial score (nSPS) is 34.8. The van der Waals surface area contributed by atoms with Gasteiger partial charge in [-0.1, -0.05) is 19.6 Å². The van der Waals surface area contributed by atoms with Crippen LogP contribution in [0.4, 0.5) is 0 Å². The molecule has 3 aliphatic carbocycles. The van der Waals surface area contributed by atoms with Gasteiger partial charge in [0.1, 0.15) is 11.4 Å². The number of rotatable bonds is 3. The average Bonchev–Trinajstić information content (AvgIpc) is 2.93. The topological polar surface area (TPSA) is 52.6 Å². The molecule has 1 aromatic rings. The second kappa shape index (κ2) is 7.18. The van der Waals surface area contributed by atoms with Gasteiger partial charge in [-0.2, -0.15) is 0 Å². The Morgan fingerprint density at radius 1 is 1.17 bits per heavy atom.